The molecule has 156 valence electrons. The second kappa shape index (κ2) is 9.49. The van der Waals surface area contributed by atoms with E-state index < -0.39 is 0 Å². The number of ether oxygens (including phenoxy) is 1. The highest BCUT2D eigenvalue weighted by Crippen LogP contribution is 2.26. The van der Waals surface area contributed by atoms with Crippen LogP contribution < -0.4 is 10.1 Å². The summed E-state index contributed by atoms with van der Waals surface area (Å²) < 4.78 is 32.2. The Morgan fingerprint density at radius 3 is 2.32 bits per heavy atom. The van der Waals surface area contributed by atoms with E-state index in [1.54, 1.807) is 41.8 Å². The lowest BCUT2D eigenvalue weighted by molar-refractivity contribution is 0.0946. The predicted octanol–water partition coefficient (Wildman–Crippen LogP) is 5.60. The van der Waals surface area contributed by atoms with Gasteiger partial charge in [0.1, 0.15) is 34.7 Å². The van der Waals surface area contributed by atoms with Crippen LogP contribution in [-0.2, 0) is 13.2 Å². The van der Waals surface area contributed by atoms with E-state index in [0.717, 1.165) is 11.1 Å². The van der Waals surface area contributed by atoms with Gasteiger partial charge in [0.25, 0.3) is 5.91 Å². The summed E-state index contributed by atoms with van der Waals surface area (Å²) >= 11 is 1.36. The number of thiazole rings is 1. The van der Waals surface area contributed by atoms with Gasteiger partial charge in [0.2, 0.25) is 0 Å². The third-order valence-corrected chi connectivity index (χ3v) is 5.37. The predicted molar refractivity (Wildman–Crippen MR) is 116 cm³/mol. The third kappa shape index (κ3) is 5.52. The molecule has 3 aromatic carbocycles. The van der Waals surface area contributed by atoms with Crippen LogP contribution in [0, 0.1) is 11.6 Å². The van der Waals surface area contributed by atoms with Crippen molar-refractivity contribution < 1.29 is 18.3 Å². The van der Waals surface area contributed by atoms with Crippen molar-refractivity contribution in [1.29, 1.82) is 0 Å². The molecule has 1 aromatic heterocycles. The average Bonchev–Trinajstić information content (AvgIpc) is 3.27. The molecule has 4 aromatic rings. The number of aromatic nitrogens is 1. The monoisotopic (exact) mass is 436 g/mol. The summed E-state index contributed by atoms with van der Waals surface area (Å²) in [6.45, 7) is 0.491. The first-order chi connectivity index (χ1) is 15.1. The quantitative estimate of drug-likeness (QED) is 0.410. The zero-order valence-electron chi connectivity index (χ0n) is 16.3. The Bertz CT molecular complexity index is 1190. The molecule has 7 heteroatoms. The van der Waals surface area contributed by atoms with Crippen molar-refractivity contribution in [2.45, 2.75) is 13.2 Å². The minimum absolute atomic E-state index is 0.223. The number of nitrogens with one attached hydrogen (secondary N) is 1. The molecule has 0 spiro atoms. The molecule has 0 aliphatic carbocycles. The smallest absolute Gasteiger partial charge is 0.271 e. The first-order valence-corrected chi connectivity index (χ1v) is 10.4. The first kappa shape index (κ1) is 20.7. The molecule has 1 heterocycles. The van der Waals surface area contributed by atoms with Crippen molar-refractivity contribution in [2.75, 3.05) is 0 Å². The van der Waals surface area contributed by atoms with Crippen LogP contribution in [0.2, 0.25) is 0 Å². The molecule has 0 bridgehead atoms. The van der Waals surface area contributed by atoms with E-state index in [1.807, 2.05) is 12.1 Å². The standard InChI is InChI=1S/C24H18F2N2O2S/c25-19-5-1-3-16(11-19)13-27-23(29)22-15-31-24(28-22)18-7-9-21(10-8-18)30-14-17-4-2-6-20(26)12-17/h1-12,15H,13-14H2,(H,27,29). The lowest BCUT2D eigenvalue weighted by Crippen LogP contribution is -2.23. The van der Waals surface area contributed by atoms with Gasteiger partial charge in [-0.15, -0.1) is 11.3 Å². The highest BCUT2D eigenvalue weighted by Gasteiger charge is 2.12. The van der Waals surface area contributed by atoms with Crippen LogP contribution in [0.3, 0.4) is 0 Å². The molecule has 4 nitrogen and oxygen atoms in total. The molecule has 0 fully saturated rings. The Balaban J connectivity index is 1.35. The molecule has 0 aliphatic rings. The maximum atomic E-state index is 13.2. The van der Waals surface area contributed by atoms with E-state index in [1.165, 1.54) is 35.6 Å². The Kier molecular flexibility index (Phi) is 6.33. The topological polar surface area (TPSA) is 51.2 Å². The number of hydrogen-bond acceptors (Lipinski definition) is 4. The number of rotatable bonds is 7. The van der Waals surface area contributed by atoms with E-state index in [2.05, 4.69) is 10.3 Å². The number of carbonyl (C=O) groups excluding carboxylic acids is 1. The van der Waals surface area contributed by atoms with Crippen LogP contribution in [0.5, 0.6) is 5.75 Å². The molecule has 1 amide bonds. The first-order valence-electron chi connectivity index (χ1n) is 9.53. The Labute approximate surface area is 182 Å². The van der Waals surface area contributed by atoms with Gasteiger partial charge >= 0.3 is 0 Å². The van der Waals surface area contributed by atoms with Crippen LogP contribution in [0.1, 0.15) is 21.6 Å². The molecule has 0 radical (unpaired) electrons. The van der Waals surface area contributed by atoms with E-state index >= 15 is 0 Å². The minimum atomic E-state index is -0.342. The fourth-order valence-electron chi connectivity index (χ4n) is 2.92. The Morgan fingerprint density at radius 2 is 1.61 bits per heavy atom. The summed E-state index contributed by atoms with van der Waals surface area (Å²) in [5.41, 5.74) is 2.59. The molecular formula is C24H18F2N2O2S. The van der Waals surface area contributed by atoms with E-state index in [0.29, 0.717) is 22.0 Å². The van der Waals surface area contributed by atoms with Gasteiger partial charge < -0.3 is 10.1 Å². The van der Waals surface area contributed by atoms with Crippen molar-refractivity contribution in [2.24, 2.45) is 0 Å². The lowest BCUT2D eigenvalue weighted by Gasteiger charge is -2.07. The summed E-state index contributed by atoms with van der Waals surface area (Å²) in [5.74, 6) is -0.304. The van der Waals surface area contributed by atoms with E-state index in [4.69, 9.17) is 4.74 Å². The highest BCUT2D eigenvalue weighted by molar-refractivity contribution is 7.13. The highest BCUT2D eigenvalue weighted by atomic mass is 32.1. The number of nitrogens with zero attached hydrogens (tertiary/aromatic N) is 1. The van der Waals surface area contributed by atoms with Crippen LogP contribution in [0.25, 0.3) is 10.6 Å². The van der Waals surface area contributed by atoms with Crippen LogP contribution in [-0.4, -0.2) is 10.9 Å². The second-order valence-corrected chi connectivity index (χ2v) is 7.65. The molecule has 4 rings (SSSR count). The summed E-state index contributed by atoms with van der Waals surface area (Å²) in [5, 5.41) is 5.13. The van der Waals surface area contributed by atoms with Crippen LogP contribution in [0.4, 0.5) is 8.78 Å². The maximum Gasteiger partial charge on any atom is 0.271 e. The molecule has 0 atom stereocenters. The van der Waals surface area contributed by atoms with Crippen molar-refractivity contribution in [1.82, 2.24) is 10.3 Å². The van der Waals surface area contributed by atoms with E-state index in [9.17, 15) is 13.6 Å². The number of halogens is 2. The van der Waals surface area contributed by atoms with Crippen LogP contribution in [0.15, 0.2) is 78.2 Å². The van der Waals surface area contributed by atoms with Gasteiger partial charge in [0.15, 0.2) is 0 Å². The van der Waals surface area contributed by atoms with Crippen molar-refractivity contribution in [3.05, 3.63) is 107 Å². The maximum absolute atomic E-state index is 13.2. The van der Waals surface area contributed by atoms with Gasteiger partial charge in [-0.25, -0.2) is 13.8 Å². The zero-order chi connectivity index (χ0) is 21.6. The molecular weight excluding hydrogens is 418 g/mol. The summed E-state index contributed by atoms with van der Waals surface area (Å²) in [7, 11) is 0. The van der Waals surface area contributed by atoms with Crippen LogP contribution >= 0.6 is 11.3 Å². The number of hydrogen-bond donors (Lipinski definition) is 1. The van der Waals surface area contributed by atoms with E-state index in [-0.39, 0.29) is 30.7 Å². The minimum Gasteiger partial charge on any atom is -0.489 e. The van der Waals surface area contributed by atoms with Gasteiger partial charge in [-0.05, 0) is 59.7 Å². The second-order valence-electron chi connectivity index (χ2n) is 6.79. The molecule has 0 saturated heterocycles. The van der Waals surface area contributed by atoms with Gasteiger partial charge in [0, 0.05) is 17.5 Å². The third-order valence-electron chi connectivity index (χ3n) is 4.47. The molecule has 1 N–H and O–H groups in total. The molecule has 0 unspecified atom stereocenters. The molecule has 0 saturated carbocycles. The van der Waals surface area contributed by atoms with Gasteiger partial charge in [0.05, 0.1) is 0 Å². The average molecular weight is 436 g/mol. The van der Waals surface area contributed by atoms with Crippen molar-refractivity contribution >= 4 is 17.2 Å². The zero-order valence-corrected chi connectivity index (χ0v) is 17.2. The number of benzene rings is 3. The fraction of sp³-hybridized carbons (Fsp3) is 0.0833. The number of carbonyl (C=O) groups is 1. The summed E-state index contributed by atoms with van der Waals surface area (Å²) in [4.78, 5) is 16.7. The van der Waals surface area contributed by atoms with Gasteiger partial charge in [-0.2, -0.15) is 0 Å². The normalized spacial score (nSPS) is 10.6. The summed E-state index contributed by atoms with van der Waals surface area (Å²) in [6.07, 6.45) is 0. The lowest BCUT2D eigenvalue weighted by atomic mass is 10.2. The van der Waals surface area contributed by atoms with Gasteiger partial charge in [-0.1, -0.05) is 24.3 Å². The molecule has 0 aliphatic heterocycles. The molecule has 31 heavy (non-hydrogen) atoms. The van der Waals surface area contributed by atoms with Crippen molar-refractivity contribution in [3.63, 3.8) is 0 Å². The Morgan fingerprint density at radius 1 is 0.935 bits per heavy atom. The SMILES string of the molecule is O=C(NCc1cccc(F)c1)c1csc(-c2ccc(OCc3cccc(F)c3)cc2)n1. The fourth-order valence-corrected chi connectivity index (χ4v) is 3.72. The van der Waals surface area contributed by atoms with Gasteiger partial charge in [-0.3, -0.25) is 4.79 Å². The van der Waals surface area contributed by atoms with Crippen molar-refractivity contribution in [3.8, 4) is 16.3 Å². The summed E-state index contributed by atoms with van der Waals surface area (Å²) in [6, 6.07) is 19.7. The Hall–Kier alpha value is -3.58. The largest absolute Gasteiger partial charge is 0.489 e. The number of amides is 1.